The van der Waals surface area contributed by atoms with Crippen molar-refractivity contribution in [2.75, 3.05) is 14.1 Å². The molecule has 0 spiro atoms. The molecule has 0 aliphatic carbocycles. The summed E-state index contributed by atoms with van der Waals surface area (Å²) in [6.07, 6.45) is 1.71. The minimum Gasteiger partial charge on any atom is -0.343 e. The van der Waals surface area contributed by atoms with E-state index >= 15 is 0 Å². The molecule has 0 saturated carbocycles. The average molecular weight is 293 g/mol. The largest absolute Gasteiger partial charge is 0.343 e. The second kappa shape index (κ2) is 5.64. The number of benzene rings is 1. The summed E-state index contributed by atoms with van der Waals surface area (Å²) in [7, 11) is 3.37. The third-order valence-electron chi connectivity index (χ3n) is 2.96. The summed E-state index contributed by atoms with van der Waals surface area (Å²) in [5.41, 5.74) is 7.87. The fourth-order valence-corrected chi connectivity index (χ4v) is 2.07. The molecule has 1 atom stereocenters. The fraction of sp³-hybridized carbons (Fsp3) is 0.286. The van der Waals surface area contributed by atoms with Gasteiger partial charge < -0.3 is 10.6 Å². The zero-order valence-corrected chi connectivity index (χ0v) is 12.4. The number of nitrogens with zero attached hydrogens (tertiary/aromatic N) is 3. The Morgan fingerprint density at radius 1 is 1.40 bits per heavy atom. The van der Waals surface area contributed by atoms with Crippen LogP contribution >= 0.6 is 11.6 Å². The highest BCUT2D eigenvalue weighted by Crippen LogP contribution is 2.24. The highest BCUT2D eigenvalue weighted by atomic mass is 35.5. The number of amides is 1. The molecule has 20 heavy (non-hydrogen) atoms. The Kier molecular flexibility index (Phi) is 4.11. The van der Waals surface area contributed by atoms with Gasteiger partial charge in [-0.15, -0.1) is 0 Å². The topological polar surface area (TPSA) is 64.2 Å². The summed E-state index contributed by atoms with van der Waals surface area (Å²) in [5.74, 6) is -0.146. The van der Waals surface area contributed by atoms with Crippen molar-refractivity contribution in [3.05, 3.63) is 46.7 Å². The van der Waals surface area contributed by atoms with Gasteiger partial charge in [-0.25, -0.2) is 4.68 Å². The number of carbonyl (C=O) groups is 1. The maximum atomic E-state index is 11.8. The van der Waals surface area contributed by atoms with Crippen LogP contribution < -0.4 is 5.73 Å². The molecule has 0 saturated heterocycles. The molecule has 0 fully saturated rings. The van der Waals surface area contributed by atoms with Crippen LogP contribution in [0.1, 0.15) is 29.0 Å². The monoisotopic (exact) mass is 292 g/mol. The van der Waals surface area contributed by atoms with Crippen molar-refractivity contribution < 1.29 is 4.79 Å². The number of carbonyl (C=O) groups excluding carboxylic acids is 1. The molecule has 0 aliphatic heterocycles. The average Bonchev–Trinajstić information content (AvgIpc) is 2.86. The Morgan fingerprint density at radius 2 is 2.10 bits per heavy atom. The van der Waals surface area contributed by atoms with Crippen LogP contribution in [-0.2, 0) is 0 Å². The molecule has 1 heterocycles. The van der Waals surface area contributed by atoms with E-state index in [0.29, 0.717) is 16.4 Å². The predicted octanol–water partition coefficient (Wildman–Crippen LogP) is 2.25. The van der Waals surface area contributed by atoms with Gasteiger partial charge in [-0.05, 0) is 30.7 Å². The maximum absolute atomic E-state index is 11.8. The van der Waals surface area contributed by atoms with Gasteiger partial charge in [-0.3, -0.25) is 4.79 Å². The van der Waals surface area contributed by atoms with E-state index in [-0.39, 0.29) is 11.9 Å². The zero-order valence-electron chi connectivity index (χ0n) is 11.7. The Labute approximate surface area is 122 Å². The zero-order chi connectivity index (χ0) is 14.9. The smallest absolute Gasteiger partial charge is 0.273 e. The first-order valence-corrected chi connectivity index (χ1v) is 6.60. The lowest BCUT2D eigenvalue weighted by Gasteiger charge is -2.10. The molecule has 5 nitrogen and oxygen atoms in total. The Morgan fingerprint density at radius 3 is 2.65 bits per heavy atom. The van der Waals surface area contributed by atoms with Gasteiger partial charge >= 0.3 is 0 Å². The molecule has 1 amide bonds. The molecule has 2 aromatic rings. The minimum atomic E-state index is -0.146. The third-order valence-corrected chi connectivity index (χ3v) is 3.26. The molecule has 2 N–H and O–H groups in total. The van der Waals surface area contributed by atoms with E-state index < -0.39 is 0 Å². The molecule has 106 valence electrons. The normalized spacial score (nSPS) is 12.2. The van der Waals surface area contributed by atoms with Crippen molar-refractivity contribution in [1.82, 2.24) is 14.7 Å². The molecule has 1 aromatic heterocycles. The van der Waals surface area contributed by atoms with Crippen molar-refractivity contribution in [2.24, 2.45) is 5.73 Å². The van der Waals surface area contributed by atoms with Crippen LogP contribution in [0.5, 0.6) is 0 Å². The van der Waals surface area contributed by atoms with E-state index in [1.165, 1.54) is 4.90 Å². The minimum absolute atomic E-state index is 0.0787. The van der Waals surface area contributed by atoms with Crippen molar-refractivity contribution >= 4 is 17.5 Å². The lowest BCUT2D eigenvalue weighted by atomic mass is 10.1. The summed E-state index contributed by atoms with van der Waals surface area (Å²) in [6.45, 7) is 1.90. The van der Waals surface area contributed by atoms with Gasteiger partial charge in [0, 0.05) is 26.3 Å². The Hall–Kier alpha value is -1.85. The van der Waals surface area contributed by atoms with E-state index in [1.54, 1.807) is 31.0 Å². The van der Waals surface area contributed by atoms with Gasteiger partial charge in [0.05, 0.1) is 10.7 Å². The SMILES string of the molecule is C[C@H](N)c1ccc(-n2ccc(C(=O)N(C)C)n2)c(Cl)c1. The summed E-state index contributed by atoms with van der Waals surface area (Å²) >= 11 is 6.25. The van der Waals surface area contributed by atoms with Crippen molar-refractivity contribution in [3.8, 4) is 5.69 Å². The van der Waals surface area contributed by atoms with Crippen LogP contribution in [0, 0.1) is 0 Å². The number of aromatic nitrogens is 2. The number of rotatable bonds is 3. The van der Waals surface area contributed by atoms with Gasteiger partial charge in [0.25, 0.3) is 5.91 Å². The standard InChI is InChI=1S/C14H17ClN4O/c1-9(16)10-4-5-13(11(15)8-10)19-7-6-12(17-19)14(20)18(2)3/h4-9H,16H2,1-3H3/t9-/m0/s1. The predicted molar refractivity (Wildman–Crippen MR) is 79.2 cm³/mol. The number of hydrogen-bond acceptors (Lipinski definition) is 3. The maximum Gasteiger partial charge on any atom is 0.273 e. The van der Waals surface area contributed by atoms with Crippen molar-refractivity contribution in [1.29, 1.82) is 0 Å². The lowest BCUT2D eigenvalue weighted by Crippen LogP contribution is -2.22. The van der Waals surface area contributed by atoms with E-state index in [0.717, 1.165) is 5.56 Å². The van der Waals surface area contributed by atoms with Crippen LogP contribution in [0.3, 0.4) is 0 Å². The number of halogens is 1. The second-order valence-electron chi connectivity index (χ2n) is 4.84. The molecule has 1 aromatic carbocycles. The van der Waals surface area contributed by atoms with Gasteiger partial charge in [0.15, 0.2) is 5.69 Å². The van der Waals surface area contributed by atoms with E-state index in [2.05, 4.69) is 5.10 Å². The van der Waals surface area contributed by atoms with E-state index in [1.807, 2.05) is 25.1 Å². The highest BCUT2D eigenvalue weighted by Gasteiger charge is 2.13. The van der Waals surface area contributed by atoms with Gasteiger partial charge in [0.1, 0.15) is 0 Å². The van der Waals surface area contributed by atoms with Crippen molar-refractivity contribution in [2.45, 2.75) is 13.0 Å². The molecule has 0 radical (unpaired) electrons. The molecule has 2 rings (SSSR count). The summed E-state index contributed by atoms with van der Waals surface area (Å²) in [4.78, 5) is 13.3. The van der Waals surface area contributed by atoms with Crippen molar-refractivity contribution in [3.63, 3.8) is 0 Å². The first-order valence-electron chi connectivity index (χ1n) is 6.23. The van der Waals surface area contributed by atoms with Crippen LogP contribution in [-0.4, -0.2) is 34.7 Å². The molecule has 6 heteroatoms. The van der Waals surface area contributed by atoms with Crippen LogP contribution in [0.25, 0.3) is 5.69 Å². The first kappa shape index (κ1) is 14.6. The molecular weight excluding hydrogens is 276 g/mol. The molecule has 0 unspecified atom stereocenters. The van der Waals surface area contributed by atoms with E-state index in [9.17, 15) is 4.79 Å². The number of hydrogen-bond donors (Lipinski definition) is 1. The number of nitrogens with two attached hydrogens (primary N) is 1. The molecule has 0 aliphatic rings. The highest BCUT2D eigenvalue weighted by molar-refractivity contribution is 6.32. The quantitative estimate of drug-likeness (QED) is 0.943. The first-order chi connectivity index (χ1) is 9.40. The summed E-state index contributed by atoms with van der Waals surface area (Å²) in [6, 6.07) is 7.15. The molecular formula is C14H17ClN4O. The van der Waals surface area contributed by atoms with Gasteiger partial charge in [0.2, 0.25) is 0 Å². The van der Waals surface area contributed by atoms with Gasteiger partial charge in [-0.2, -0.15) is 5.10 Å². The van der Waals surface area contributed by atoms with E-state index in [4.69, 9.17) is 17.3 Å². The van der Waals surface area contributed by atoms with Gasteiger partial charge in [-0.1, -0.05) is 17.7 Å². The molecule has 0 bridgehead atoms. The second-order valence-corrected chi connectivity index (χ2v) is 5.25. The van der Waals surface area contributed by atoms with Crippen LogP contribution in [0.2, 0.25) is 5.02 Å². The fourth-order valence-electron chi connectivity index (χ4n) is 1.79. The Balaban J connectivity index is 2.35. The lowest BCUT2D eigenvalue weighted by molar-refractivity contribution is 0.0821. The third kappa shape index (κ3) is 2.84. The van der Waals surface area contributed by atoms with Crippen LogP contribution in [0.15, 0.2) is 30.5 Å². The Bertz CT molecular complexity index is 634. The van der Waals surface area contributed by atoms with Crippen LogP contribution in [0.4, 0.5) is 0 Å². The summed E-state index contributed by atoms with van der Waals surface area (Å²) < 4.78 is 1.59. The summed E-state index contributed by atoms with van der Waals surface area (Å²) in [5, 5.41) is 4.79.